The van der Waals surface area contributed by atoms with Crippen molar-refractivity contribution in [2.45, 2.75) is 52.1 Å². The van der Waals surface area contributed by atoms with Crippen molar-refractivity contribution in [1.29, 1.82) is 0 Å². The Kier molecular flexibility index (Phi) is 4.90. The summed E-state index contributed by atoms with van der Waals surface area (Å²) in [5, 5.41) is 3.50. The van der Waals surface area contributed by atoms with E-state index in [2.05, 4.69) is 38.0 Å². The molecule has 1 heterocycles. The van der Waals surface area contributed by atoms with Crippen LogP contribution in [0.25, 0.3) is 0 Å². The molecule has 3 atom stereocenters. The number of rotatable bonds is 4. The summed E-state index contributed by atoms with van der Waals surface area (Å²) in [6, 6.07) is 1.43. The molecule has 84 valence electrons. The number of nitrogens with one attached hydrogen (secondary N) is 1. The lowest BCUT2D eigenvalue weighted by Gasteiger charge is -2.37. The number of hydrogen-bond acceptors (Lipinski definition) is 2. The molecule has 0 aliphatic carbocycles. The van der Waals surface area contributed by atoms with Gasteiger partial charge >= 0.3 is 0 Å². The van der Waals surface area contributed by atoms with E-state index < -0.39 is 0 Å². The molecule has 1 aliphatic rings. The predicted molar refractivity (Wildman–Crippen MR) is 62.6 cm³/mol. The Morgan fingerprint density at radius 2 is 2.14 bits per heavy atom. The molecule has 1 aliphatic heterocycles. The molecule has 0 aromatic heterocycles. The molecule has 0 saturated carbocycles. The fraction of sp³-hybridized carbons (Fsp3) is 1.00. The summed E-state index contributed by atoms with van der Waals surface area (Å²) in [6.07, 6.45) is 4.00. The Hall–Kier alpha value is -0.0800. The van der Waals surface area contributed by atoms with Gasteiger partial charge in [-0.25, -0.2) is 0 Å². The average Bonchev–Trinajstić information content (AvgIpc) is 2.27. The fourth-order valence-corrected chi connectivity index (χ4v) is 2.31. The van der Waals surface area contributed by atoms with Gasteiger partial charge in [0.25, 0.3) is 0 Å². The second-order valence-corrected chi connectivity index (χ2v) is 4.77. The molecule has 0 bridgehead atoms. The van der Waals surface area contributed by atoms with E-state index in [1.54, 1.807) is 0 Å². The first-order chi connectivity index (χ1) is 6.66. The van der Waals surface area contributed by atoms with Crippen LogP contribution in [0.4, 0.5) is 0 Å². The first-order valence-electron chi connectivity index (χ1n) is 6.09. The highest BCUT2D eigenvalue weighted by Gasteiger charge is 2.24. The predicted octanol–water partition coefficient (Wildman–Crippen LogP) is 2.10. The number of nitrogens with zero attached hydrogens (tertiary/aromatic N) is 1. The molecule has 0 radical (unpaired) electrons. The Labute approximate surface area is 89.1 Å². The molecule has 2 heteroatoms. The summed E-state index contributed by atoms with van der Waals surface area (Å²) in [7, 11) is 2.27. The molecule has 3 unspecified atom stereocenters. The van der Waals surface area contributed by atoms with Crippen LogP contribution in [0.3, 0.4) is 0 Å². The van der Waals surface area contributed by atoms with Gasteiger partial charge in [0.2, 0.25) is 0 Å². The minimum Gasteiger partial charge on any atom is -0.316 e. The van der Waals surface area contributed by atoms with Gasteiger partial charge < -0.3 is 10.2 Å². The second-order valence-electron chi connectivity index (χ2n) is 4.77. The summed E-state index contributed by atoms with van der Waals surface area (Å²) in [4.78, 5) is 2.54. The maximum Gasteiger partial charge on any atom is 0.0107 e. The van der Waals surface area contributed by atoms with E-state index in [1.165, 1.54) is 32.4 Å². The molecule has 14 heavy (non-hydrogen) atoms. The molecule has 0 aromatic carbocycles. The van der Waals surface area contributed by atoms with Crippen molar-refractivity contribution in [3.05, 3.63) is 0 Å². The highest BCUT2D eigenvalue weighted by molar-refractivity contribution is 4.80. The zero-order valence-electron chi connectivity index (χ0n) is 10.2. The van der Waals surface area contributed by atoms with Crippen LogP contribution in [0.5, 0.6) is 0 Å². The topological polar surface area (TPSA) is 15.3 Å². The summed E-state index contributed by atoms with van der Waals surface area (Å²) in [5.74, 6) is 0.850. The minimum atomic E-state index is 0.715. The van der Waals surface area contributed by atoms with Gasteiger partial charge in [-0.3, -0.25) is 0 Å². The molecule has 2 nitrogen and oxygen atoms in total. The maximum absolute atomic E-state index is 3.50. The zero-order valence-corrected chi connectivity index (χ0v) is 10.2. The molecule has 1 fully saturated rings. The normalized spacial score (nSPS) is 27.6. The highest BCUT2D eigenvalue weighted by Crippen LogP contribution is 2.20. The second kappa shape index (κ2) is 5.72. The highest BCUT2D eigenvalue weighted by atomic mass is 15.2. The van der Waals surface area contributed by atoms with Crippen LogP contribution in [0.2, 0.25) is 0 Å². The van der Waals surface area contributed by atoms with E-state index in [0.717, 1.165) is 12.0 Å². The summed E-state index contributed by atoms with van der Waals surface area (Å²) in [5.41, 5.74) is 0. The summed E-state index contributed by atoms with van der Waals surface area (Å²) >= 11 is 0. The van der Waals surface area contributed by atoms with Crippen molar-refractivity contribution < 1.29 is 0 Å². The molecule has 0 aromatic rings. The number of piperidine rings is 1. The minimum absolute atomic E-state index is 0.715. The van der Waals surface area contributed by atoms with Crippen LogP contribution in [-0.4, -0.2) is 37.1 Å². The largest absolute Gasteiger partial charge is 0.316 e. The lowest BCUT2D eigenvalue weighted by molar-refractivity contribution is 0.125. The zero-order chi connectivity index (χ0) is 10.6. The maximum atomic E-state index is 3.50. The molecular formula is C12H26N2. The van der Waals surface area contributed by atoms with Crippen molar-refractivity contribution in [1.82, 2.24) is 10.2 Å². The average molecular weight is 198 g/mol. The SMILES string of the molecule is CCC(C)N(C)C(C)C1CCCNC1. The van der Waals surface area contributed by atoms with E-state index in [9.17, 15) is 0 Å². The van der Waals surface area contributed by atoms with Gasteiger partial charge in [0.05, 0.1) is 0 Å². The van der Waals surface area contributed by atoms with Crippen LogP contribution >= 0.6 is 0 Å². The van der Waals surface area contributed by atoms with Gasteiger partial charge in [-0.1, -0.05) is 6.92 Å². The van der Waals surface area contributed by atoms with Crippen molar-refractivity contribution in [3.63, 3.8) is 0 Å². The third-order valence-corrected chi connectivity index (χ3v) is 3.95. The molecule has 0 spiro atoms. The van der Waals surface area contributed by atoms with Crippen molar-refractivity contribution in [3.8, 4) is 0 Å². The standard InChI is InChI=1S/C12H26N2/c1-5-10(2)14(4)11(3)12-7-6-8-13-9-12/h10-13H,5-9H2,1-4H3. The quantitative estimate of drug-likeness (QED) is 0.744. The summed E-state index contributed by atoms with van der Waals surface area (Å²) < 4.78 is 0. The van der Waals surface area contributed by atoms with Crippen molar-refractivity contribution >= 4 is 0 Å². The first kappa shape index (κ1) is 12.0. The molecule has 0 amide bonds. The van der Waals surface area contributed by atoms with Gasteiger partial charge in [-0.2, -0.15) is 0 Å². The smallest absolute Gasteiger partial charge is 0.0107 e. The van der Waals surface area contributed by atoms with E-state index in [4.69, 9.17) is 0 Å². The molecular weight excluding hydrogens is 172 g/mol. The third-order valence-electron chi connectivity index (χ3n) is 3.95. The Bertz CT molecular complexity index is 150. The Morgan fingerprint density at radius 3 is 2.64 bits per heavy atom. The Balaban J connectivity index is 2.41. The lowest BCUT2D eigenvalue weighted by Crippen LogP contribution is -2.46. The van der Waals surface area contributed by atoms with Crippen molar-refractivity contribution in [2.24, 2.45) is 5.92 Å². The number of hydrogen-bond donors (Lipinski definition) is 1. The fourth-order valence-electron chi connectivity index (χ4n) is 2.31. The Morgan fingerprint density at radius 1 is 1.43 bits per heavy atom. The van der Waals surface area contributed by atoms with Crippen molar-refractivity contribution in [2.75, 3.05) is 20.1 Å². The van der Waals surface area contributed by atoms with Gasteiger partial charge in [-0.15, -0.1) is 0 Å². The van der Waals surface area contributed by atoms with Crippen LogP contribution in [0, 0.1) is 5.92 Å². The van der Waals surface area contributed by atoms with Gasteiger partial charge in [-0.05, 0) is 59.2 Å². The van der Waals surface area contributed by atoms with E-state index in [-0.39, 0.29) is 0 Å². The van der Waals surface area contributed by atoms with E-state index in [0.29, 0.717) is 6.04 Å². The molecule has 1 rings (SSSR count). The lowest BCUT2D eigenvalue weighted by atomic mass is 9.91. The van der Waals surface area contributed by atoms with Gasteiger partial charge in [0.1, 0.15) is 0 Å². The van der Waals surface area contributed by atoms with Crippen LogP contribution < -0.4 is 5.32 Å². The van der Waals surface area contributed by atoms with Crippen LogP contribution in [-0.2, 0) is 0 Å². The summed E-state index contributed by atoms with van der Waals surface area (Å²) in [6.45, 7) is 9.40. The van der Waals surface area contributed by atoms with E-state index >= 15 is 0 Å². The first-order valence-corrected chi connectivity index (χ1v) is 6.09. The van der Waals surface area contributed by atoms with Gasteiger partial charge in [0.15, 0.2) is 0 Å². The van der Waals surface area contributed by atoms with E-state index in [1.807, 2.05) is 0 Å². The van der Waals surface area contributed by atoms with Crippen LogP contribution in [0.15, 0.2) is 0 Å². The third kappa shape index (κ3) is 2.96. The van der Waals surface area contributed by atoms with Crippen LogP contribution in [0.1, 0.15) is 40.0 Å². The molecule has 1 N–H and O–H groups in total. The monoisotopic (exact) mass is 198 g/mol. The van der Waals surface area contributed by atoms with Gasteiger partial charge in [0, 0.05) is 12.1 Å². The molecule has 1 saturated heterocycles.